The van der Waals surface area contributed by atoms with Crippen LogP contribution in [0.4, 0.5) is 15.5 Å². The van der Waals surface area contributed by atoms with Crippen molar-refractivity contribution < 1.29 is 23.5 Å². The maximum Gasteiger partial charge on any atom is 0.264 e. The fraction of sp³-hybridized carbons (Fsp3) is 0.385. The summed E-state index contributed by atoms with van der Waals surface area (Å²) < 4.78 is 22.0. The lowest BCUT2D eigenvalue weighted by Gasteiger charge is -2.31. The summed E-state index contributed by atoms with van der Waals surface area (Å²) in [7, 11) is -3.25. The van der Waals surface area contributed by atoms with Crippen LogP contribution in [-0.2, 0) is 15.1 Å². The molecule has 0 bridgehead atoms. The number of halogens is 1. The van der Waals surface area contributed by atoms with Crippen LogP contribution in [0, 0.1) is 5.92 Å². The molecule has 0 aromatic heterocycles. The van der Waals surface area contributed by atoms with Gasteiger partial charge < -0.3 is 24.2 Å². The number of aliphatic hydroxyl groups is 1. The monoisotopic (exact) mass is 482 g/mol. The number of amides is 2. The first-order valence-corrected chi connectivity index (χ1v) is 14.5. The summed E-state index contributed by atoms with van der Waals surface area (Å²) in [6.07, 6.45) is 1.32. The third-order valence-electron chi connectivity index (χ3n) is 6.98. The zero-order valence-electron chi connectivity index (χ0n) is 19.8. The van der Waals surface area contributed by atoms with Crippen LogP contribution in [0.5, 0.6) is 0 Å². The van der Waals surface area contributed by atoms with Gasteiger partial charge in [0.1, 0.15) is 0 Å². The minimum absolute atomic E-state index is 0.154. The number of aliphatic hydroxyl groups excluding tert-OH is 1. The summed E-state index contributed by atoms with van der Waals surface area (Å²) >= 11 is 0. The van der Waals surface area contributed by atoms with Crippen molar-refractivity contribution in [3.05, 3.63) is 72.3 Å². The lowest BCUT2D eigenvalue weighted by atomic mass is 9.82. The Morgan fingerprint density at radius 1 is 1.29 bits per heavy atom. The Labute approximate surface area is 200 Å². The molecular weight excluding hydrogens is 451 g/mol. The average Bonchev–Trinajstić information content (AvgIpc) is 3.22. The van der Waals surface area contributed by atoms with Gasteiger partial charge in [-0.15, -0.1) is 6.58 Å². The standard InChI is InChI=1S/C26H31FN2O4Si/c1-5-14-29-21-12-11-19(28-24(31)18-9-7-6-8-10-18)16-20(21)26(25(29)32)17(2)23(34(3,4)27)22(33-26)13-15-30/h5-12,16-17,22-23,30H,1,13-15H2,2-4H3,(H,28,31)/t17-,22+,23-,26+/m1/s1. The van der Waals surface area contributed by atoms with Gasteiger partial charge in [0.15, 0.2) is 5.60 Å². The summed E-state index contributed by atoms with van der Waals surface area (Å²) in [5.41, 5.74) is 0.461. The first-order valence-electron chi connectivity index (χ1n) is 11.6. The number of hydrogen-bond donors (Lipinski definition) is 2. The highest BCUT2D eigenvalue weighted by Gasteiger charge is 2.66. The van der Waals surface area contributed by atoms with Crippen LogP contribution >= 0.6 is 0 Å². The van der Waals surface area contributed by atoms with Crippen LogP contribution in [0.2, 0.25) is 18.6 Å². The Hall–Kier alpha value is -2.81. The van der Waals surface area contributed by atoms with Gasteiger partial charge in [-0.05, 0) is 49.8 Å². The highest BCUT2D eigenvalue weighted by molar-refractivity contribution is 6.72. The van der Waals surface area contributed by atoms with Crippen LogP contribution in [0.25, 0.3) is 0 Å². The van der Waals surface area contributed by atoms with Crippen LogP contribution < -0.4 is 10.2 Å². The van der Waals surface area contributed by atoms with Gasteiger partial charge in [0.25, 0.3) is 11.8 Å². The number of carbonyl (C=O) groups is 2. The van der Waals surface area contributed by atoms with Gasteiger partial charge in [0, 0.05) is 41.4 Å². The Bertz CT molecular complexity index is 1100. The van der Waals surface area contributed by atoms with E-state index in [1.807, 2.05) is 13.0 Å². The molecule has 1 saturated heterocycles. The SMILES string of the molecule is C=CCN1C(=O)[C@@]2(O[C@@H](CCO)[C@H]([Si](C)(C)F)[C@H]2C)c2cc(NC(=O)c3ccccc3)ccc21. The molecule has 6 nitrogen and oxygen atoms in total. The summed E-state index contributed by atoms with van der Waals surface area (Å²) in [5, 5.41) is 12.5. The van der Waals surface area contributed by atoms with Crippen molar-refractivity contribution in [2.45, 2.75) is 43.7 Å². The Kier molecular flexibility index (Phi) is 6.50. The zero-order valence-corrected chi connectivity index (χ0v) is 20.8. The van der Waals surface area contributed by atoms with E-state index in [2.05, 4.69) is 11.9 Å². The van der Waals surface area contributed by atoms with Crippen LogP contribution in [0.15, 0.2) is 61.2 Å². The molecule has 2 N–H and O–H groups in total. The van der Waals surface area contributed by atoms with Crippen molar-refractivity contribution in [3.63, 3.8) is 0 Å². The van der Waals surface area contributed by atoms with Gasteiger partial charge in [-0.3, -0.25) is 9.59 Å². The Morgan fingerprint density at radius 3 is 2.62 bits per heavy atom. The molecule has 1 fully saturated rings. The summed E-state index contributed by atoms with van der Waals surface area (Å²) in [6.45, 7) is 9.02. The molecule has 2 aliphatic rings. The molecule has 2 aromatic carbocycles. The van der Waals surface area contributed by atoms with Crippen LogP contribution in [0.3, 0.4) is 0 Å². The number of benzene rings is 2. The number of fused-ring (bicyclic) bond motifs is 2. The molecule has 4 atom stereocenters. The van der Waals surface area contributed by atoms with E-state index in [1.54, 1.807) is 66.5 Å². The maximum atomic E-state index is 15.5. The average molecular weight is 483 g/mol. The molecule has 2 amide bonds. The van der Waals surface area contributed by atoms with E-state index in [4.69, 9.17) is 4.74 Å². The van der Waals surface area contributed by atoms with Crippen molar-refractivity contribution in [3.8, 4) is 0 Å². The second-order valence-electron chi connectivity index (χ2n) is 9.54. The number of rotatable bonds is 7. The number of carbonyl (C=O) groups excluding carboxylic acids is 2. The smallest absolute Gasteiger partial charge is 0.264 e. The topological polar surface area (TPSA) is 78.9 Å². The maximum absolute atomic E-state index is 15.5. The normalized spacial score (nSPS) is 26.1. The minimum atomic E-state index is -3.25. The van der Waals surface area contributed by atoms with Crippen molar-refractivity contribution >= 4 is 31.6 Å². The van der Waals surface area contributed by atoms with Gasteiger partial charge in [-0.25, -0.2) is 0 Å². The first-order chi connectivity index (χ1) is 16.1. The largest absolute Gasteiger partial charge is 0.396 e. The van der Waals surface area contributed by atoms with Gasteiger partial charge in [-0.1, -0.05) is 31.2 Å². The Morgan fingerprint density at radius 2 is 2.00 bits per heavy atom. The third kappa shape index (κ3) is 3.89. The van der Waals surface area contributed by atoms with E-state index in [1.165, 1.54) is 0 Å². The summed E-state index contributed by atoms with van der Waals surface area (Å²) in [6, 6.07) is 14.2. The lowest BCUT2D eigenvalue weighted by molar-refractivity contribution is -0.146. The first kappa shape index (κ1) is 24.3. The molecule has 2 heterocycles. The summed E-state index contributed by atoms with van der Waals surface area (Å²) in [4.78, 5) is 28.2. The predicted molar refractivity (Wildman–Crippen MR) is 133 cm³/mol. The number of ether oxygens (including phenoxy) is 1. The van der Waals surface area contributed by atoms with Crippen molar-refractivity contribution in [1.29, 1.82) is 0 Å². The molecule has 180 valence electrons. The van der Waals surface area contributed by atoms with Gasteiger partial charge in [0.05, 0.1) is 11.8 Å². The third-order valence-corrected chi connectivity index (χ3v) is 9.44. The fourth-order valence-corrected chi connectivity index (χ4v) is 8.17. The van der Waals surface area contributed by atoms with Gasteiger partial charge in [-0.2, -0.15) is 0 Å². The molecule has 2 aliphatic heterocycles. The zero-order chi connectivity index (χ0) is 24.7. The number of anilines is 2. The van der Waals surface area contributed by atoms with E-state index in [0.29, 0.717) is 22.5 Å². The molecule has 0 aliphatic carbocycles. The van der Waals surface area contributed by atoms with Crippen molar-refractivity contribution in [2.24, 2.45) is 5.92 Å². The van der Waals surface area contributed by atoms with E-state index >= 15 is 4.11 Å². The van der Waals surface area contributed by atoms with Gasteiger partial charge >= 0.3 is 0 Å². The summed E-state index contributed by atoms with van der Waals surface area (Å²) in [5.74, 6) is -0.974. The molecule has 0 radical (unpaired) electrons. The highest BCUT2D eigenvalue weighted by Crippen LogP contribution is 2.60. The van der Waals surface area contributed by atoms with Crippen molar-refractivity contribution in [2.75, 3.05) is 23.4 Å². The number of hydrogen-bond acceptors (Lipinski definition) is 4. The molecule has 0 unspecified atom stereocenters. The van der Waals surface area contributed by atoms with Crippen molar-refractivity contribution in [1.82, 2.24) is 0 Å². The fourth-order valence-electron chi connectivity index (χ4n) is 5.63. The van der Waals surface area contributed by atoms with E-state index in [-0.39, 0.29) is 31.4 Å². The molecule has 2 aromatic rings. The van der Waals surface area contributed by atoms with Crippen LogP contribution in [0.1, 0.15) is 29.3 Å². The second-order valence-corrected chi connectivity index (χ2v) is 13.3. The number of nitrogens with zero attached hydrogens (tertiary/aromatic N) is 1. The predicted octanol–water partition coefficient (Wildman–Crippen LogP) is 4.63. The highest BCUT2D eigenvalue weighted by atomic mass is 28.4. The molecule has 8 heteroatoms. The molecule has 4 rings (SSSR count). The van der Waals surface area contributed by atoms with E-state index < -0.39 is 31.6 Å². The van der Waals surface area contributed by atoms with E-state index in [9.17, 15) is 14.7 Å². The Balaban J connectivity index is 1.80. The number of nitrogens with one attached hydrogen (secondary N) is 1. The quantitative estimate of drug-likeness (QED) is 0.343. The van der Waals surface area contributed by atoms with Gasteiger partial charge in [0.2, 0.25) is 8.41 Å². The molecule has 0 saturated carbocycles. The second kappa shape index (κ2) is 9.09. The molecule has 34 heavy (non-hydrogen) atoms. The lowest BCUT2D eigenvalue weighted by Crippen LogP contribution is -2.45. The van der Waals surface area contributed by atoms with E-state index in [0.717, 1.165) is 0 Å². The minimum Gasteiger partial charge on any atom is -0.396 e. The molecular formula is C26H31FN2O4Si. The molecule has 1 spiro atoms. The van der Waals surface area contributed by atoms with Crippen LogP contribution in [-0.4, -0.2) is 44.6 Å².